The van der Waals surface area contributed by atoms with Crippen LogP contribution in [0.4, 0.5) is 0 Å². The maximum absolute atomic E-state index is 12.1. The Morgan fingerprint density at radius 1 is 1.08 bits per heavy atom. The zero-order valence-corrected chi connectivity index (χ0v) is 15.2. The second kappa shape index (κ2) is 6.98. The number of hydrogen-bond acceptors (Lipinski definition) is 4. The summed E-state index contributed by atoms with van der Waals surface area (Å²) in [5.41, 5.74) is 3.18. The van der Waals surface area contributed by atoms with Crippen molar-refractivity contribution in [1.29, 1.82) is 0 Å². The second-order valence-electron chi connectivity index (χ2n) is 7.42. The molecule has 0 aliphatic carbocycles. The number of carbonyl (C=O) groups is 1. The molecule has 0 radical (unpaired) electrons. The SMILES string of the molecule is COC(=O)[C@@H](NC1OC1c1ccccc1-c1ccccc1)C(C)(C)C. The first kappa shape index (κ1) is 17.6. The number of esters is 1. The van der Waals surface area contributed by atoms with Crippen LogP contribution in [0.25, 0.3) is 11.1 Å². The fourth-order valence-corrected chi connectivity index (χ4v) is 3.06. The second-order valence-corrected chi connectivity index (χ2v) is 7.42. The summed E-state index contributed by atoms with van der Waals surface area (Å²) in [6, 6.07) is 18.1. The molecule has 1 saturated heterocycles. The lowest BCUT2D eigenvalue weighted by atomic mass is 9.86. The van der Waals surface area contributed by atoms with E-state index in [1.807, 2.05) is 51.1 Å². The van der Waals surface area contributed by atoms with Crippen LogP contribution >= 0.6 is 0 Å². The van der Waals surface area contributed by atoms with Gasteiger partial charge in [-0.15, -0.1) is 0 Å². The summed E-state index contributed by atoms with van der Waals surface area (Å²) in [6.07, 6.45) is -0.251. The third-order valence-corrected chi connectivity index (χ3v) is 4.48. The highest BCUT2D eigenvalue weighted by molar-refractivity contribution is 5.76. The van der Waals surface area contributed by atoms with E-state index in [0.29, 0.717) is 0 Å². The summed E-state index contributed by atoms with van der Waals surface area (Å²) in [5.74, 6) is -0.266. The Morgan fingerprint density at radius 3 is 2.36 bits per heavy atom. The molecule has 1 heterocycles. The predicted octanol–water partition coefficient (Wildman–Crippen LogP) is 3.93. The molecule has 0 aromatic heterocycles. The zero-order chi connectivity index (χ0) is 18.0. The summed E-state index contributed by atoms with van der Waals surface area (Å²) in [6.45, 7) is 6.03. The van der Waals surface area contributed by atoms with Crippen LogP contribution in [0.5, 0.6) is 0 Å². The molecule has 2 aromatic rings. The van der Waals surface area contributed by atoms with E-state index < -0.39 is 6.04 Å². The maximum atomic E-state index is 12.1. The Hall–Kier alpha value is -2.17. The number of epoxide rings is 1. The topological polar surface area (TPSA) is 50.9 Å². The van der Waals surface area contributed by atoms with Crippen LogP contribution in [0, 0.1) is 5.41 Å². The number of rotatable bonds is 5. The Kier molecular flexibility index (Phi) is 4.93. The van der Waals surface area contributed by atoms with Gasteiger partial charge in [0.1, 0.15) is 18.4 Å². The Balaban J connectivity index is 1.79. The molecule has 4 heteroatoms. The van der Waals surface area contributed by atoms with Crippen LogP contribution in [0.2, 0.25) is 0 Å². The molecule has 0 amide bonds. The first-order valence-electron chi connectivity index (χ1n) is 8.55. The molecule has 2 unspecified atom stereocenters. The van der Waals surface area contributed by atoms with Gasteiger partial charge in [0.2, 0.25) is 0 Å². The van der Waals surface area contributed by atoms with Gasteiger partial charge in [-0.25, -0.2) is 0 Å². The molecule has 3 atom stereocenters. The van der Waals surface area contributed by atoms with Crippen LogP contribution in [0.1, 0.15) is 32.4 Å². The van der Waals surface area contributed by atoms with E-state index in [0.717, 1.165) is 16.7 Å². The Morgan fingerprint density at radius 2 is 1.72 bits per heavy atom. The van der Waals surface area contributed by atoms with Crippen LogP contribution in [-0.2, 0) is 14.3 Å². The average molecular weight is 339 g/mol. The summed E-state index contributed by atoms with van der Waals surface area (Å²) >= 11 is 0. The summed E-state index contributed by atoms with van der Waals surface area (Å²) in [7, 11) is 1.42. The number of nitrogens with one attached hydrogen (secondary N) is 1. The smallest absolute Gasteiger partial charge is 0.323 e. The molecule has 4 nitrogen and oxygen atoms in total. The van der Waals surface area contributed by atoms with Gasteiger partial charge in [-0.2, -0.15) is 0 Å². The first-order chi connectivity index (χ1) is 11.9. The summed E-state index contributed by atoms with van der Waals surface area (Å²) < 4.78 is 10.8. The average Bonchev–Trinajstić information content (AvgIpc) is 3.38. The van der Waals surface area contributed by atoms with Gasteiger partial charge in [-0.3, -0.25) is 10.1 Å². The zero-order valence-electron chi connectivity index (χ0n) is 15.2. The van der Waals surface area contributed by atoms with Crippen molar-refractivity contribution >= 4 is 5.97 Å². The van der Waals surface area contributed by atoms with Gasteiger partial charge in [-0.1, -0.05) is 75.4 Å². The lowest BCUT2D eigenvalue weighted by Crippen LogP contribution is -2.48. The third kappa shape index (κ3) is 3.91. The predicted molar refractivity (Wildman–Crippen MR) is 97.9 cm³/mol. The van der Waals surface area contributed by atoms with Crippen molar-refractivity contribution in [3.05, 3.63) is 60.2 Å². The van der Waals surface area contributed by atoms with E-state index in [-0.39, 0.29) is 23.7 Å². The molecule has 1 aliphatic rings. The number of methoxy groups -OCH3 is 1. The van der Waals surface area contributed by atoms with Crippen molar-refractivity contribution in [1.82, 2.24) is 5.32 Å². The van der Waals surface area contributed by atoms with E-state index >= 15 is 0 Å². The Bertz CT molecular complexity index is 736. The van der Waals surface area contributed by atoms with Crippen molar-refractivity contribution in [2.75, 3.05) is 7.11 Å². The molecule has 1 aliphatic heterocycles. The maximum Gasteiger partial charge on any atom is 0.323 e. The molecule has 0 bridgehead atoms. The molecular weight excluding hydrogens is 314 g/mol. The molecule has 0 spiro atoms. The molecule has 0 saturated carbocycles. The van der Waals surface area contributed by atoms with E-state index in [1.165, 1.54) is 7.11 Å². The molecule has 1 fully saturated rings. The highest BCUT2D eigenvalue weighted by Gasteiger charge is 2.46. The molecular formula is C21H25NO3. The van der Waals surface area contributed by atoms with Crippen molar-refractivity contribution in [2.45, 2.75) is 39.1 Å². The number of ether oxygens (including phenoxy) is 2. The van der Waals surface area contributed by atoms with Gasteiger partial charge in [0.15, 0.2) is 0 Å². The lowest BCUT2D eigenvalue weighted by molar-refractivity contribution is -0.146. The molecule has 3 rings (SSSR count). The lowest BCUT2D eigenvalue weighted by Gasteiger charge is -2.28. The van der Waals surface area contributed by atoms with Crippen LogP contribution in [-0.4, -0.2) is 25.3 Å². The van der Waals surface area contributed by atoms with Gasteiger partial charge in [-0.05, 0) is 22.1 Å². The summed E-state index contributed by atoms with van der Waals surface area (Å²) in [5, 5.41) is 3.31. The summed E-state index contributed by atoms with van der Waals surface area (Å²) in [4.78, 5) is 12.1. The fourth-order valence-electron chi connectivity index (χ4n) is 3.06. The van der Waals surface area contributed by atoms with E-state index in [9.17, 15) is 4.79 Å². The van der Waals surface area contributed by atoms with Crippen molar-refractivity contribution in [3.63, 3.8) is 0 Å². The minimum atomic E-state index is -0.420. The monoisotopic (exact) mass is 339 g/mol. The first-order valence-corrected chi connectivity index (χ1v) is 8.55. The van der Waals surface area contributed by atoms with Gasteiger partial charge < -0.3 is 9.47 Å². The minimum Gasteiger partial charge on any atom is -0.468 e. The van der Waals surface area contributed by atoms with Gasteiger partial charge in [0.25, 0.3) is 0 Å². The molecule has 132 valence electrons. The van der Waals surface area contributed by atoms with Crippen LogP contribution < -0.4 is 5.32 Å². The number of carbonyl (C=O) groups excluding carboxylic acids is 1. The highest BCUT2D eigenvalue weighted by Crippen LogP contribution is 2.42. The van der Waals surface area contributed by atoms with E-state index in [2.05, 4.69) is 29.6 Å². The van der Waals surface area contributed by atoms with Crippen molar-refractivity contribution in [3.8, 4) is 11.1 Å². The standard InChI is InChI=1S/C21H25NO3/c1-21(2,3)18(20(23)24-4)22-19-17(25-19)16-13-9-8-12-15(16)14-10-6-5-7-11-14/h5-13,17-19,22H,1-4H3/t17?,18-,19?/m1/s1. The van der Waals surface area contributed by atoms with E-state index in [1.54, 1.807) is 0 Å². The van der Waals surface area contributed by atoms with Crippen LogP contribution in [0.15, 0.2) is 54.6 Å². The largest absolute Gasteiger partial charge is 0.468 e. The fraction of sp³-hybridized carbons (Fsp3) is 0.381. The minimum absolute atomic E-state index is 0.0640. The Labute approximate surface area is 149 Å². The third-order valence-electron chi connectivity index (χ3n) is 4.48. The number of benzene rings is 2. The molecule has 2 aromatic carbocycles. The molecule has 25 heavy (non-hydrogen) atoms. The van der Waals surface area contributed by atoms with Crippen molar-refractivity contribution < 1.29 is 14.3 Å². The van der Waals surface area contributed by atoms with Crippen molar-refractivity contribution in [2.24, 2.45) is 5.41 Å². The highest BCUT2D eigenvalue weighted by atomic mass is 16.6. The normalized spacial score (nSPS) is 20.8. The molecule has 1 N–H and O–H groups in total. The number of hydrogen-bond donors (Lipinski definition) is 1. The van der Waals surface area contributed by atoms with Crippen LogP contribution in [0.3, 0.4) is 0 Å². The van der Waals surface area contributed by atoms with Gasteiger partial charge in [0.05, 0.1) is 7.11 Å². The van der Waals surface area contributed by atoms with Gasteiger partial charge >= 0.3 is 5.97 Å². The quantitative estimate of drug-likeness (QED) is 0.662. The van der Waals surface area contributed by atoms with E-state index in [4.69, 9.17) is 9.47 Å². The van der Waals surface area contributed by atoms with Gasteiger partial charge in [0, 0.05) is 0 Å².